The number of nitrogens with one attached hydrogen (secondary N) is 2. The summed E-state index contributed by atoms with van der Waals surface area (Å²) >= 11 is 0. The van der Waals surface area contributed by atoms with E-state index in [9.17, 15) is 9.59 Å². The summed E-state index contributed by atoms with van der Waals surface area (Å²) in [5.41, 5.74) is 6.35. The number of amides is 2. The van der Waals surface area contributed by atoms with Crippen LogP contribution in [0.1, 0.15) is 24.2 Å². The minimum absolute atomic E-state index is 0.0907. The van der Waals surface area contributed by atoms with Gasteiger partial charge in [-0.25, -0.2) is 0 Å². The van der Waals surface area contributed by atoms with Gasteiger partial charge in [-0.2, -0.15) is 0 Å². The maximum atomic E-state index is 12.0. The molecule has 0 spiro atoms. The van der Waals surface area contributed by atoms with E-state index in [4.69, 9.17) is 10.5 Å². The summed E-state index contributed by atoms with van der Waals surface area (Å²) in [6.07, 6.45) is 0. The molecule has 2 amide bonds. The summed E-state index contributed by atoms with van der Waals surface area (Å²) < 4.78 is 5.35. The molecular weight excluding hydrogens is 246 g/mol. The Bertz CT molecular complexity index is 460. The Morgan fingerprint density at radius 1 is 1.26 bits per heavy atom. The zero-order valence-corrected chi connectivity index (χ0v) is 11.2. The van der Waals surface area contributed by atoms with Gasteiger partial charge in [-0.15, -0.1) is 0 Å². The second-order valence-corrected chi connectivity index (χ2v) is 3.79. The van der Waals surface area contributed by atoms with Crippen LogP contribution in [0.15, 0.2) is 18.2 Å². The van der Waals surface area contributed by atoms with E-state index < -0.39 is 5.91 Å². The molecule has 0 fully saturated rings. The van der Waals surface area contributed by atoms with Gasteiger partial charge in [0.05, 0.1) is 13.2 Å². The molecule has 0 aliphatic rings. The molecule has 104 valence electrons. The Morgan fingerprint density at radius 3 is 2.63 bits per heavy atom. The zero-order valence-electron chi connectivity index (χ0n) is 11.2. The summed E-state index contributed by atoms with van der Waals surface area (Å²) in [6.45, 7) is 4.49. The van der Waals surface area contributed by atoms with Gasteiger partial charge in [0.2, 0.25) is 5.91 Å². The van der Waals surface area contributed by atoms with Crippen molar-refractivity contribution in [3.05, 3.63) is 23.8 Å². The third-order valence-corrected chi connectivity index (χ3v) is 2.37. The van der Waals surface area contributed by atoms with Gasteiger partial charge >= 0.3 is 0 Å². The number of anilines is 1. The fourth-order valence-corrected chi connectivity index (χ4v) is 1.58. The monoisotopic (exact) mass is 265 g/mol. The maximum Gasteiger partial charge on any atom is 0.257 e. The fraction of sp³-hybridized carbons (Fsp3) is 0.385. The first-order valence-electron chi connectivity index (χ1n) is 6.16. The smallest absolute Gasteiger partial charge is 0.257 e. The molecule has 0 atom stereocenters. The lowest BCUT2D eigenvalue weighted by atomic mass is 10.1. The lowest BCUT2D eigenvalue weighted by Gasteiger charge is -2.12. The topological polar surface area (TPSA) is 93.5 Å². The molecule has 0 bridgehead atoms. The number of hydrogen-bond donors (Lipinski definition) is 3. The number of rotatable bonds is 6. The highest BCUT2D eigenvalue weighted by atomic mass is 16.5. The second-order valence-electron chi connectivity index (χ2n) is 3.79. The van der Waals surface area contributed by atoms with Crippen LogP contribution in [0.5, 0.6) is 5.75 Å². The average Bonchev–Trinajstić information content (AvgIpc) is 2.37. The largest absolute Gasteiger partial charge is 0.493 e. The van der Waals surface area contributed by atoms with Crippen molar-refractivity contribution in [2.75, 3.05) is 25.4 Å². The predicted molar refractivity (Wildman–Crippen MR) is 73.0 cm³/mol. The molecule has 1 aromatic rings. The molecule has 0 saturated heterocycles. The van der Waals surface area contributed by atoms with Gasteiger partial charge in [0.15, 0.2) is 0 Å². The Morgan fingerprint density at radius 2 is 2.00 bits per heavy atom. The van der Waals surface area contributed by atoms with Gasteiger partial charge in [-0.3, -0.25) is 9.59 Å². The summed E-state index contributed by atoms with van der Waals surface area (Å²) in [4.78, 5) is 23.3. The number of carbonyl (C=O) groups is 2. The summed E-state index contributed by atoms with van der Waals surface area (Å²) in [6, 6.07) is 4.99. The van der Waals surface area contributed by atoms with Crippen LogP contribution in [0.4, 0.5) is 5.69 Å². The van der Waals surface area contributed by atoms with Gasteiger partial charge in [0.25, 0.3) is 5.91 Å². The Kier molecular flexibility index (Phi) is 5.66. The maximum absolute atomic E-state index is 12.0. The molecule has 0 aliphatic carbocycles. The molecule has 0 saturated carbocycles. The lowest BCUT2D eigenvalue weighted by Crippen LogP contribution is -2.37. The van der Waals surface area contributed by atoms with E-state index in [-0.39, 0.29) is 18.0 Å². The van der Waals surface area contributed by atoms with Crippen LogP contribution < -0.4 is 21.1 Å². The highest BCUT2D eigenvalue weighted by Crippen LogP contribution is 2.24. The first kappa shape index (κ1) is 14.8. The molecule has 0 heterocycles. The summed E-state index contributed by atoms with van der Waals surface area (Å²) in [5, 5.41) is 5.10. The first-order valence-corrected chi connectivity index (χ1v) is 6.16. The first-order chi connectivity index (χ1) is 9.10. The molecule has 0 aromatic heterocycles. The van der Waals surface area contributed by atoms with Crippen molar-refractivity contribution in [3.8, 4) is 5.75 Å². The third-order valence-electron chi connectivity index (χ3n) is 2.37. The van der Waals surface area contributed by atoms with Crippen molar-refractivity contribution in [1.82, 2.24) is 10.6 Å². The van der Waals surface area contributed by atoms with E-state index in [1.165, 1.54) is 0 Å². The summed E-state index contributed by atoms with van der Waals surface area (Å²) in [7, 11) is 0. The molecule has 1 aromatic carbocycles. The van der Waals surface area contributed by atoms with Crippen molar-refractivity contribution in [1.29, 1.82) is 0 Å². The number of hydrogen-bond acceptors (Lipinski definition) is 4. The average molecular weight is 265 g/mol. The number of benzene rings is 1. The molecule has 1 rings (SSSR count). The number of nitrogens with two attached hydrogens (primary N) is 1. The van der Waals surface area contributed by atoms with Crippen molar-refractivity contribution in [2.24, 2.45) is 0 Å². The van der Waals surface area contributed by atoms with Crippen LogP contribution in [0.25, 0.3) is 0 Å². The van der Waals surface area contributed by atoms with E-state index in [1.54, 1.807) is 18.2 Å². The van der Waals surface area contributed by atoms with E-state index >= 15 is 0 Å². The molecule has 0 aliphatic heterocycles. The normalized spacial score (nSPS) is 9.79. The van der Waals surface area contributed by atoms with Gasteiger partial charge < -0.3 is 21.1 Å². The SMILES string of the molecule is CCNC(=O)CNC(=O)c1c(N)cccc1OCC. The van der Waals surface area contributed by atoms with Crippen LogP contribution in [0, 0.1) is 0 Å². The second kappa shape index (κ2) is 7.25. The Hall–Kier alpha value is -2.24. The van der Waals surface area contributed by atoms with E-state index in [1.807, 2.05) is 13.8 Å². The van der Waals surface area contributed by atoms with Crippen molar-refractivity contribution < 1.29 is 14.3 Å². The number of nitrogen functional groups attached to an aromatic ring is 1. The number of ether oxygens (including phenoxy) is 1. The highest BCUT2D eigenvalue weighted by Gasteiger charge is 2.16. The van der Waals surface area contributed by atoms with Crippen LogP contribution in [-0.4, -0.2) is 31.5 Å². The minimum Gasteiger partial charge on any atom is -0.493 e. The third kappa shape index (κ3) is 4.17. The molecule has 0 unspecified atom stereocenters. The van der Waals surface area contributed by atoms with Crippen LogP contribution in [0.3, 0.4) is 0 Å². The van der Waals surface area contributed by atoms with Crippen LogP contribution in [0.2, 0.25) is 0 Å². The number of likely N-dealkylation sites (N-methyl/N-ethyl adjacent to an activating group) is 1. The quantitative estimate of drug-likeness (QED) is 0.654. The number of carbonyl (C=O) groups excluding carboxylic acids is 2. The van der Waals surface area contributed by atoms with Crippen LogP contribution in [-0.2, 0) is 4.79 Å². The molecule has 19 heavy (non-hydrogen) atoms. The molecule has 6 heteroatoms. The molecule has 6 nitrogen and oxygen atoms in total. The van der Waals surface area contributed by atoms with Gasteiger partial charge in [0, 0.05) is 12.2 Å². The van der Waals surface area contributed by atoms with E-state index in [0.717, 1.165) is 0 Å². The van der Waals surface area contributed by atoms with Gasteiger partial charge in [0.1, 0.15) is 11.3 Å². The van der Waals surface area contributed by atoms with Crippen molar-refractivity contribution in [2.45, 2.75) is 13.8 Å². The highest BCUT2D eigenvalue weighted by molar-refractivity contribution is 6.03. The minimum atomic E-state index is -0.423. The zero-order chi connectivity index (χ0) is 14.3. The van der Waals surface area contributed by atoms with Crippen LogP contribution >= 0.6 is 0 Å². The Labute approximate surface area is 112 Å². The van der Waals surface area contributed by atoms with Gasteiger partial charge in [-0.1, -0.05) is 6.07 Å². The molecular formula is C13H19N3O3. The van der Waals surface area contributed by atoms with Crippen molar-refractivity contribution >= 4 is 17.5 Å². The molecule has 4 N–H and O–H groups in total. The van der Waals surface area contributed by atoms with E-state index in [0.29, 0.717) is 24.6 Å². The predicted octanol–water partition coefficient (Wildman–Crippen LogP) is 0.533. The Balaban J connectivity index is 2.78. The standard InChI is InChI=1S/C13H19N3O3/c1-3-15-11(17)8-16-13(18)12-9(14)6-5-7-10(12)19-4-2/h5-7H,3-4,8,14H2,1-2H3,(H,15,17)(H,16,18). The lowest BCUT2D eigenvalue weighted by molar-refractivity contribution is -0.120. The molecule has 0 radical (unpaired) electrons. The fourth-order valence-electron chi connectivity index (χ4n) is 1.58. The van der Waals surface area contributed by atoms with Crippen molar-refractivity contribution in [3.63, 3.8) is 0 Å². The van der Waals surface area contributed by atoms with E-state index in [2.05, 4.69) is 10.6 Å². The summed E-state index contributed by atoms with van der Waals surface area (Å²) in [5.74, 6) is -0.257. The van der Waals surface area contributed by atoms with Gasteiger partial charge in [-0.05, 0) is 26.0 Å².